The third kappa shape index (κ3) is 5.23. The van der Waals surface area contributed by atoms with Crippen molar-refractivity contribution >= 4 is 22.4 Å². The standard InChI is InChI=1S/C14H18N2O2S/c1-11(2)19(18)9-5-8-14(17)16-13-7-4-3-6-12(13)10-15/h3-4,6-7,11H,5,8-9H2,1-2H3,(H,16,17). The summed E-state index contributed by atoms with van der Waals surface area (Å²) in [7, 11) is -0.873. The summed E-state index contributed by atoms with van der Waals surface area (Å²) in [5.74, 6) is 0.383. The maximum atomic E-state index is 11.7. The lowest BCUT2D eigenvalue weighted by atomic mass is 10.2. The molecule has 0 saturated carbocycles. The minimum Gasteiger partial charge on any atom is -0.325 e. The minimum absolute atomic E-state index is 0.127. The van der Waals surface area contributed by atoms with E-state index in [4.69, 9.17) is 5.26 Å². The molecule has 0 spiro atoms. The van der Waals surface area contributed by atoms with Crippen molar-refractivity contribution in [1.82, 2.24) is 0 Å². The van der Waals surface area contributed by atoms with Crippen LogP contribution in [0.1, 0.15) is 32.3 Å². The number of carbonyl (C=O) groups is 1. The molecule has 0 aliphatic carbocycles. The van der Waals surface area contributed by atoms with Crippen molar-refractivity contribution in [3.8, 4) is 6.07 Å². The number of para-hydroxylation sites is 1. The molecule has 1 amide bonds. The van der Waals surface area contributed by atoms with Crippen molar-refractivity contribution in [2.75, 3.05) is 11.1 Å². The van der Waals surface area contributed by atoms with Crippen LogP contribution in [0.3, 0.4) is 0 Å². The number of benzene rings is 1. The van der Waals surface area contributed by atoms with Gasteiger partial charge < -0.3 is 5.32 Å². The van der Waals surface area contributed by atoms with Gasteiger partial charge in [0.25, 0.3) is 0 Å². The van der Waals surface area contributed by atoms with E-state index in [1.807, 2.05) is 19.9 Å². The molecule has 4 nitrogen and oxygen atoms in total. The lowest BCUT2D eigenvalue weighted by molar-refractivity contribution is -0.116. The second kappa shape index (κ2) is 7.70. The van der Waals surface area contributed by atoms with E-state index in [2.05, 4.69) is 5.32 Å². The zero-order valence-corrected chi connectivity index (χ0v) is 12.0. The molecule has 1 unspecified atom stereocenters. The first-order valence-corrected chi connectivity index (χ1v) is 7.59. The van der Waals surface area contributed by atoms with E-state index in [-0.39, 0.29) is 11.2 Å². The number of anilines is 1. The molecule has 0 aliphatic rings. The lowest BCUT2D eigenvalue weighted by Crippen LogP contribution is -2.15. The molecule has 1 aromatic rings. The lowest BCUT2D eigenvalue weighted by Gasteiger charge is -2.07. The topological polar surface area (TPSA) is 70.0 Å². The summed E-state index contributed by atoms with van der Waals surface area (Å²) >= 11 is 0. The number of hydrogen-bond acceptors (Lipinski definition) is 3. The van der Waals surface area contributed by atoms with Crippen LogP contribution in [0.2, 0.25) is 0 Å². The van der Waals surface area contributed by atoms with Crippen LogP contribution in [0.5, 0.6) is 0 Å². The fraction of sp³-hybridized carbons (Fsp3) is 0.429. The first-order valence-electron chi connectivity index (χ1n) is 6.20. The Balaban J connectivity index is 2.44. The van der Waals surface area contributed by atoms with Crippen molar-refractivity contribution in [3.05, 3.63) is 29.8 Å². The van der Waals surface area contributed by atoms with Crippen LogP contribution in [0.4, 0.5) is 5.69 Å². The molecular formula is C14H18N2O2S. The molecule has 0 aromatic heterocycles. The van der Waals surface area contributed by atoms with Crippen LogP contribution >= 0.6 is 0 Å². The highest BCUT2D eigenvalue weighted by molar-refractivity contribution is 7.85. The van der Waals surface area contributed by atoms with E-state index in [1.165, 1.54) is 0 Å². The number of nitrogens with zero attached hydrogens (tertiary/aromatic N) is 1. The van der Waals surface area contributed by atoms with Crippen molar-refractivity contribution in [2.45, 2.75) is 31.9 Å². The minimum atomic E-state index is -0.873. The van der Waals surface area contributed by atoms with Crippen molar-refractivity contribution < 1.29 is 9.00 Å². The second-order valence-electron chi connectivity index (χ2n) is 4.44. The highest BCUT2D eigenvalue weighted by Gasteiger charge is 2.08. The van der Waals surface area contributed by atoms with Crippen LogP contribution in [0, 0.1) is 11.3 Å². The summed E-state index contributed by atoms with van der Waals surface area (Å²) in [5, 5.41) is 11.7. The fourth-order valence-corrected chi connectivity index (χ4v) is 2.41. The van der Waals surface area contributed by atoms with Gasteiger partial charge >= 0.3 is 0 Å². The first-order chi connectivity index (χ1) is 9.04. The third-order valence-corrected chi connectivity index (χ3v) is 4.34. The van der Waals surface area contributed by atoms with Crippen LogP contribution in [-0.2, 0) is 15.6 Å². The normalized spacial score (nSPS) is 11.9. The quantitative estimate of drug-likeness (QED) is 0.868. The average Bonchev–Trinajstić information content (AvgIpc) is 2.39. The summed E-state index contributed by atoms with van der Waals surface area (Å²) in [6, 6.07) is 8.90. The van der Waals surface area contributed by atoms with Crippen LogP contribution in [-0.4, -0.2) is 21.1 Å². The Morgan fingerprint density at radius 3 is 2.74 bits per heavy atom. The third-order valence-electron chi connectivity index (χ3n) is 2.60. The summed E-state index contributed by atoms with van der Waals surface area (Å²) in [4.78, 5) is 11.7. The predicted molar refractivity (Wildman–Crippen MR) is 77.2 cm³/mol. The number of rotatable bonds is 6. The van der Waals surface area contributed by atoms with E-state index in [0.717, 1.165) is 0 Å². The van der Waals surface area contributed by atoms with E-state index in [0.29, 0.717) is 29.8 Å². The number of nitriles is 1. The van der Waals surface area contributed by atoms with Gasteiger partial charge in [-0.1, -0.05) is 26.0 Å². The van der Waals surface area contributed by atoms with Crippen LogP contribution in [0.15, 0.2) is 24.3 Å². The van der Waals surface area contributed by atoms with Gasteiger partial charge in [-0.2, -0.15) is 5.26 Å². The highest BCUT2D eigenvalue weighted by atomic mass is 32.2. The molecule has 0 bridgehead atoms. The maximum Gasteiger partial charge on any atom is 0.224 e. The van der Waals surface area contributed by atoms with Gasteiger partial charge in [-0.3, -0.25) is 9.00 Å². The maximum absolute atomic E-state index is 11.7. The van der Waals surface area contributed by atoms with Crippen LogP contribution in [0.25, 0.3) is 0 Å². The Kier molecular flexibility index (Phi) is 6.23. The highest BCUT2D eigenvalue weighted by Crippen LogP contribution is 2.14. The molecule has 0 aliphatic heterocycles. The van der Waals surface area contributed by atoms with E-state index >= 15 is 0 Å². The molecule has 1 N–H and O–H groups in total. The predicted octanol–water partition coefficient (Wildman–Crippen LogP) is 2.43. The molecular weight excluding hydrogens is 260 g/mol. The number of hydrogen-bond donors (Lipinski definition) is 1. The van der Waals surface area contributed by atoms with Gasteiger partial charge in [0.05, 0.1) is 11.3 Å². The summed E-state index contributed by atoms with van der Waals surface area (Å²) in [5.41, 5.74) is 0.974. The first kappa shape index (κ1) is 15.4. The van der Waals surface area contributed by atoms with Gasteiger partial charge in [0.2, 0.25) is 5.91 Å². The van der Waals surface area contributed by atoms with E-state index in [1.54, 1.807) is 24.3 Å². The Hall–Kier alpha value is -1.67. The van der Waals surface area contributed by atoms with E-state index in [9.17, 15) is 9.00 Å². The number of nitrogens with one attached hydrogen (secondary N) is 1. The summed E-state index contributed by atoms with van der Waals surface area (Å²) < 4.78 is 11.5. The van der Waals surface area contributed by atoms with Gasteiger partial charge in [-0.05, 0) is 18.6 Å². The largest absolute Gasteiger partial charge is 0.325 e. The number of amides is 1. The van der Waals surface area contributed by atoms with Gasteiger partial charge in [0.1, 0.15) is 6.07 Å². The molecule has 0 saturated heterocycles. The van der Waals surface area contributed by atoms with Gasteiger partial charge in [0.15, 0.2) is 0 Å². The molecule has 102 valence electrons. The monoisotopic (exact) mass is 278 g/mol. The molecule has 0 heterocycles. The second-order valence-corrected chi connectivity index (χ2v) is 6.56. The van der Waals surface area contributed by atoms with Crippen molar-refractivity contribution in [1.29, 1.82) is 5.26 Å². The Morgan fingerprint density at radius 2 is 2.11 bits per heavy atom. The molecule has 0 radical (unpaired) electrons. The summed E-state index contributed by atoms with van der Waals surface area (Å²) in [6.45, 7) is 3.80. The van der Waals surface area contributed by atoms with E-state index < -0.39 is 10.8 Å². The smallest absolute Gasteiger partial charge is 0.224 e. The fourth-order valence-electron chi connectivity index (χ4n) is 1.51. The average molecular weight is 278 g/mol. The molecule has 5 heteroatoms. The zero-order valence-electron chi connectivity index (χ0n) is 11.2. The van der Waals surface area contributed by atoms with Crippen molar-refractivity contribution in [2.24, 2.45) is 0 Å². The van der Waals surface area contributed by atoms with Gasteiger partial charge in [0, 0.05) is 28.2 Å². The van der Waals surface area contributed by atoms with Crippen LogP contribution < -0.4 is 5.32 Å². The molecule has 0 fully saturated rings. The Morgan fingerprint density at radius 1 is 1.42 bits per heavy atom. The Bertz CT molecular complexity index is 506. The zero-order chi connectivity index (χ0) is 14.3. The molecule has 1 aromatic carbocycles. The SMILES string of the molecule is CC(C)S(=O)CCCC(=O)Nc1ccccc1C#N. The molecule has 19 heavy (non-hydrogen) atoms. The Labute approximate surface area is 116 Å². The summed E-state index contributed by atoms with van der Waals surface area (Å²) in [6.07, 6.45) is 0.906. The number of carbonyl (C=O) groups excluding carboxylic acids is 1. The van der Waals surface area contributed by atoms with Gasteiger partial charge in [-0.25, -0.2) is 0 Å². The van der Waals surface area contributed by atoms with Gasteiger partial charge in [-0.15, -0.1) is 0 Å². The molecule has 1 rings (SSSR count). The molecule has 1 atom stereocenters. The van der Waals surface area contributed by atoms with Crippen molar-refractivity contribution in [3.63, 3.8) is 0 Å².